The van der Waals surface area contributed by atoms with E-state index in [-0.39, 0.29) is 5.09 Å². The molecule has 1 aromatic rings. The predicted octanol–water partition coefficient (Wildman–Crippen LogP) is 2.20. The van der Waals surface area contributed by atoms with Gasteiger partial charge in [-0.15, -0.1) is 0 Å². The minimum atomic E-state index is -3.53. The molecule has 0 radical (unpaired) electrons. The lowest BCUT2D eigenvalue weighted by atomic mass is 10.2. The van der Waals surface area contributed by atoms with Gasteiger partial charge in [-0.1, -0.05) is 13.8 Å². The van der Waals surface area contributed by atoms with E-state index in [0.29, 0.717) is 30.0 Å². The molecule has 1 fully saturated rings. The fourth-order valence-corrected chi connectivity index (χ4v) is 4.49. The molecule has 1 aliphatic heterocycles. The van der Waals surface area contributed by atoms with Crippen molar-refractivity contribution in [3.8, 4) is 0 Å². The molecule has 2 N–H and O–H groups in total. The Balaban J connectivity index is 1.86. The van der Waals surface area contributed by atoms with Gasteiger partial charge in [-0.2, -0.15) is 11.8 Å². The fraction of sp³-hybridized carbons (Fsp3) is 0.714. The third-order valence-corrected chi connectivity index (χ3v) is 5.97. The van der Waals surface area contributed by atoms with Crippen molar-refractivity contribution in [1.29, 1.82) is 0 Å². The molecular weight excluding hydrogens is 308 g/mol. The molecule has 5 nitrogen and oxygen atoms in total. The SMILES string of the molecule is CC(C)CNCc1ccc(S(=O)(=O)NCC2CCCS2)o1. The Morgan fingerprint density at radius 3 is 2.90 bits per heavy atom. The Morgan fingerprint density at radius 1 is 1.43 bits per heavy atom. The molecule has 0 spiro atoms. The zero-order valence-corrected chi connectivity index (χ0v) is 14.2. The van der Waals surface area contributed by atoms with E-state index in [1.807, 2.05) is 11.8 Å². The molecule has 0 saturated carbocycles. The van der Waals surface area contributed by atoms with E-state index < -0.39 is 10.0 Å². The molecule has 1 saturated heterocycles. The van der Waals surface area contributed by atoms with Crippen LogP contribution in [0.5, 0.6) is 0 Å². The Kier molecular flexibility index (Phi) is 6.16. The molecule has 0 amide bonds. The quantitative estimate of drug-likeness (QED) is 0.763. The first kappa shape index (κ1) is 16.9. The van der Waals surface area contributed by atoms with Gasteiger partial charge >= 0.3 is 0 Å². The van der Waals surface area contributed by atoms with E-state index in [9.17, 15) is 8.42 Å². The third-order valence-electron chi connectivity index (χ3n) is 3.28. The summed E-state index contributed by atoms with van der Waals surface area (Å²) in [6.07, 6.45) is 2.25. The van der Waals surface area contributed by atoms with Gasteiger partial charge < -0.3 is 9.73 Å². The van der Waals surface area contributed by atoms with Crippen LogP contribution in [0, 0.1) is 5.92 Å². The lowest BCUT2D eigenvalue weighted by Crippen LogP contribution is -2.29. The predicted molar refractivity (Wildman–Crippen MR) is 85.9 cm³/mol. The topological polar surface area (TPSA) is 71.3 Å². The summed E-state index contributed by atoms with van der Waals surface area (Å²) in [4.78, 5) is 0. The van der Waals surface area contributed by atoms with Crippen LogP contribution in [0.4, 0.5) is 0 Å². The molecule has 2 rings (SSSR count). The third kappa shape index (κ3) is 5.32. The van der Waals surface area contributed by atoms with Crippen molar-refractivity contribution in [1.82, 2.24) is 10.0 Å². The van der Waals surface area contributed by atoms with Crippen LogP contribution in [-0.2, 0) is 16.6 Å². The fourth-order valence-electron chi connectivity index (χ4n) is 2.16. The second-order valence-electron chi connectivity index (χ2n) is 5.73. The van der Waals surface area contributed by atoms with Crippen LogP contribution in [0.2, 0.25) is 0 Å². The van der Waals surface area contributed by atoms with Gasteiger partial charge in [0.25, 0.3) is 10.0 Å². The number of thioether (sulfide) groups is 1. The van der Waals surface area contributed by atoms with Gasteiger partial charge in [0.15, 0.2) is 0 Å². The van der Waals surface area contributed by atoms with Crippen LogP contribution in [0.3, 0.4) is 0 Å². The Hall–Kier alpha value is -0.500. The monoisotopic (exact) mass is 332 g/mol. The van der Waals surface area contributed by atoms with Gasteiger partial charge in [-0.25, -0.2) is 13.1 Å². The van der Waals surface area contributed by atoms with E-state index in [2.05, 4.69) is 23.9 Å². The maximum absolute atomic E-state index is 12.1. The summed E-state index contributed by atoms with van der Waals surface area (Å²) in [6, 6.07) is 3.24. The average molecular weight is 332 g/mol. The molecule has 120 valence electrons. The van der Waals surface area contributed by atoms with E-state index in [1.54, 1.807) is 6.07 Å². The first-order chi connectivity index (χ1) is 9.97. The van der Waals surface area contributed by atoms with Crippen LogP contribution in [-0.4, -0.2) is 32.5 Å². The van der Waals surface area contributed by atoms with E-state index in [0.717, 1.165) is 18.7 Å². The number of hydrogen-bond acceptors (Lipinski definition) is 5. The van der Waals surface area contributed by atoms with Crippen molar-refractivity contribution in [2.75, 3.05) is 18.8 Å². The van der Waals surface area contributed by atoms with Gasteiger partial charge in [-0.3, -0.25) is 0 Å². The maximum atomic E-state index is 12.1. The normalized spacial score (nSPS) is 19.5. The molecular formula is C14H24N2O3S2. The van der Waals surface area contributed by atoms with Gasteiger partial charge in [-0.05, 0) is 43.2 Å². The molecule has 1 unspecified atom stereocenters. The smallest absolute Gasteiger partial charge is 0.273 e. The molecule has 1 aromatic heterocycles. The van der Waals surface area contributed by atoms with Crippen molar-refractivity contribution in [2.45, 2.75) is 43.6 Å². The zero-order valence-electron chi connectivity index (χ0n) is 12.6. The summed E-state index contributed by atoms with van der Waals surface area (Å²) >= 11 is 1.83. The molecule has 1 atom stereocenters. The van der Waals surface area contributed by atoms with Gasteiger partial charge in [0.1, 0.15) is 5.76 Å². The Bertz CT molecular complexity index is 534. The summed E-state index contributed by atoms with van der Waals surface area (Å²) in [6.45, 7) is 6.15. The van der Waals surface area contributed by atoms with E-state index in [4.69, 9.17) is 4.42 Å². The number of rotatable bonds is 8. The van der Waals surface area contributed by atoms with E-state index >= 15 is 0 Å². The van der Waals surface area contributed by atoms with Crippen LogP contribution in [0.25, 0.3) is 0 Å². The first-order valence-corrected chi connectivity index (χ1v) is 9.91. The minimum Gasteiger partial charge on any atom is -0.447 e. The number of hydrogen-bond donors (Lipinski definition) is 2. The van der Waals surface area contributed by atoms with E-state index in [1.165, 1.54) is 12.5 Å². The molecule has 0 bridgehead atoms. The highest BCUT2D eigenvalue weighted by Crippen LogP contribution is 2.25. The molecule has 21 heavy (non-hydrogen) atoms. The summed E-state index contributed by atoms with van der Waals surface area (Å²) in [5.74, 6) is 2.32. The second-order valence-corrected chi connectivity index (χ2v) is 8.84. The lowest BCUT2D eigenvalue weighted by Gasteiger charge is -2.09. The molecule has 0 aromatic carbocycles. The molecule has 0 aliphatic carbocycles. The van der Waals surface area contributed by atoms with Crippen molar-refractivity contribution in [3.63, 3.8) is 0 Å². The minimum absolute atomic E-state index is 0.00634. The standard InChI is InChI=1S/C14H24N2O3S2/c1-11(2)8-15-9-12-5-6-14(19-12)21(17,18)16-10-13-4-3-7-20-13/h5-6,11,13,15-16H,3-4,7-10H2,1-2H3. The zero-order chi connectivity index (χ0) is 15.3. The number of furan rings is 1. The van der Waals surface area contributed by atoms with Gasteiger partial charge in [0.05, 0.1) is 6.54 Å². The van der Waals surface area contributed by atoms with Gasteiger partial charge in [0, 0.05) is 11.8 Å². The Labute approximate surface area is 131 Å². The van der Waals surface area contributed by atoms with Crippen molar-refractivity contribution in [3.05, 3.63) is 17.9 Å². The average Bonchev–Trinajstić information content (AvgIpc) is 3.07. The van der Waals surface area contributed by atoms with Gasteiger partial charge in [0.2, 0.25) is 5.09 Å². The highest BCUT2D eigenvalue weighted by molar-refractivity contribution is 8.00. The van der Waals surface area contributed by atoms with Crippen LogP contribution in [0.15, 0.2) is 21.6 Å². The summed E-state index contributed by atoms with van der Waals surface area (Å²) in [5.41, 5.74) is 0. The van der Waals surface area contributed by atoms with Crippen molar-refractivity contribution in [2.24, 2.45) is 5.92 Å². The van der Waals surface area contributed by atoms with Crippen molar-refractivity contribution >= 4 is 21.8 Å². The second kappa shape index (κ2) is 7.67. The largest absolute Gasteiger partial charge is 0.447 e. The van der Waals surface area contributed by atoms with Crippen LogP contribution >= 0.6 is 11.8 Å². The van der Waals surface area contributed by atoms with Crippen LogP contribution < -0.4 is 10.0 Å². The molecule has 7 heteroatoms. The summed E-state index contributed by atoms with van der Waals surface area (Å²) in [5, 5.41) is 3.63. The molecule has 1 aliphatic rings. The lowest BCUT2D eigenvalue weighted by molar-refractivity contribution is 0.394. The Morgan fingerprint density at radius 2 is 2.24 bits per heavy atom. The molecule has 2 heterocycles. The van der Waals surface area contributed by atoms with Crippen molar-refractivity contribution < 1.29 is 12.8 Å². The summed E-state index contributed by atoms with van der Waals surface area (Å²) in [7, 11) is -3.53. The highest BCUT2D eigenvalue weighted by Gasteiger charge is 2.22. The highest BCUT2D eigenvalue weighted by atomic mass is 32.2. The van der Waals surface area contributed by atoms with Crippen LogP contribution in [0.1, 0.15) is 32.4 Å². The summed E-state index contributed by atoms with van der Waals surface area (Å²) < 4.78 is 32.4. The maximum Gasteiger partial charge on any atom is 0.273 e. The number of nitrogens with one attached hydrogen (secondary N) is 2. The first-order valence-electron chi connectivity index (χ1n) is 7.38. The number of sulfonamides is 1.